The van der Waals surface area contributed by atoms with Crippen molar-refractivity contribution >= 4 is 5.97 Å². The fraction of sp³-hybridized carbons (Fsp3) is 0.800. The molecule has 2 aliphatic heterocycles. The van der Waals surface area contributed by atoms with Crippen LogP contribution in [0.4, 0.5) is 0 Å². The molecule has 1 aromatic rings. The number of rotatable bonds is 4. The Balaban J connectivity index is 1.54. The zero-order valence-corrected chi connectivity index (χ0v) is 13.3. The van der Waals surface area contributed by atoms with Crippen molar-refractivity contribution in [1.29, 1.82) is 0 Å². The van der Waals surface area contributed by atoms with Crippen LogP contribution in [0.2, 0.25) is 0 Å². The minimum Gasteiger partial charge on any atom is -0.464 e. The first-order valence-corrected chi connectivity index (χ1v) is 8.09. The molecule has 1 unspecified atom stereocenters. The third-order valence-corrected chi connectivity index (χ3v) is 4.31. The molecule has 2 saturated heterocycles. The van der Waals surface area contributed by atoms with E-state index in [0.29, 0.717) is 19.0 Å². The van der Waals surface area contributed by atoms with E-state index in [1.54, 1.807) is 0 Å². The number of hydrogen-bond donors (Lipinski definition) is 0. The van der Waals surface area contributed by atoms with Gasteiger partial charge in [-0.15, -0.1) is 0 Å². The van der Waals surface area contributed by atoms with Crippen LogP contribution >= 0.6 is 0 Å². The second-order valence-electron chi connectivity index (χ2n) is 6.34. The lowest BCUT2D eigenvalue weighted by Gasteiger charge is -2.24. The summed E-state index contributed by atoms with van der Waals surface area (Å²) in [6.07, 6.45) is 1.86. The molecule has 0 aliphatic carbocycles. The molecule has 0 amide bonds. The topological polar surface area (TPSA) is 71.7 Å². The molecule has 0 N–H and O–H groups in total. The van der Waals surface area contributed by atoms with Crippen molar-refractivity contribution in [2.45, 2.75) is 45.2 Å². The Morgan fingerprint density at radius 2 is 2.14 bits per heavy atom. The van der Waals surface area contributed by atoms with Crippen LogP contribution in [0.25, 0.3) is 0 Å². The molecule has 3 heterocycles. The molecule has 1 aromatic heterocycles. The third kappa shape index (κ3) is 3.47. The predicted molar refractivity (Wildman–Crippen MR) is 79.2 cm³/mol. The predicted octanol–water partition coefficient (Wildman–Crippen LogP) is 1.02. The van der Waals surface area contributed by atoms with Gasteiger partial charge in [-0.2, -0.15) is 4.98 Å². The highest BCUT2D eigenvalue weighted by Gasteiger charge is 2.33. The van der Waals surface area contributed by atoms with E-state index in [-0.39, 0.29) is 17.9 Å². The van der Waals surface area contributed by atoms with Crippen molar-refractivity contribution in [3.05, 3.63) is 11.7 Å². The van der Waals surface area contributed by atoms with Crippen LogP contribution < -0.4 is 0 Å². The van der Waals surface area contributed by atoms with Crippen molar-refractivity contribution in [2.75, 3.05) is 32.8 Å². The maximum Gasteiger partial charge on any atom is 0.323 e. The zero-order valence-electron chi connectivity index (χ0n) is 13.3. The molecule has 122 valence electrons. The smallest absolute Gasteiger partial charge is 0.323 e. The Labute approximate surface area is 130 Å². The summed E-state index contributed by atoms with van der Waals surface area (Å²) in [5.41, 5.74) is 0. The van der Waals surface area contributed by atoms with Gasteiger partial charge in [0.15, 0.2) is 5.82 Å². The Hall–Kier alpha value is -1.47. The molecular formula is C15H24N4O3. The number of carbonyl (C=O) groups is 1. The van der Waals surface area contributed by atoms with E-state index in [4.69, 9.17) is 9.26 Å². The van der Waals surface area contributed by atoms with Gasteiger partial charge in [-0.05, 0) is 13.0 Å². The molecule has 22 heavy (non-hydrogen) atoms. The Kier molecular flexibility index (Phi) is 4.73. The van der Waals surface area contributed by atoms with Crippen LogP contribution in [-0.2, 0) is 16.1 Å². The number of nitrogens with zero attached hydrogens (tertiary/aromatic N) is 4. The molecule has 7 nitrogen and oxygen atoms in total. The average Bonchev–Trinajstić information content (AvgIpc) is 3.05. The van der Waals surface area contributed by atoms with Gasteiger partial charge < -0.3 is 9.26 Å². The molecule has 0 radical (unpaired) electrons. The summed E-state index contributed by atoms with van der Waals surface area (Å²) in [5.74, 6) is 1.64. The van der Waals surface area contributed by atoms with E-state index in [1.165, 1.54) is 0 Å². The summed E-state index contributed by atoms with van der Waals surface area (Å²) in [4.78, 5) is 20.7. The van der Waals surface area contributed by atoms with Crippen LogP contribution in [0.1, 0.15) is 44.3 Å². The van der Waals surface area contributed by atoms with Crippen molar-refractivity contribution in [3.8, 4) is 0 Å². The normalized spacial score (nSPS) is 24.7. The lowest BCUT2D eigenvalue weighted by Crippen LogP contribution is -2.41. The van der Waals surface area contributed by atoms with Crippen LogP contribution in [0.3, 0.4) is 0 Å². The lowest BCUT2D eigenvalue weighted by atomic mass is 10.2. The van der Waals surface area contributed by atoms with Gasteiger partial charge >= 0.3 is 5.97 Å². The summed E-state index contributed by atoms with van der Waals surface area (Å²) in [6.45, 7) is 9.08. The van der Waals surface area contributed by atoms with Crippen LogP contribution in [0.15, 0.2) is 4.52 Å². The van der Waals surface area contributed by atoms with Crippen molar-refractivity contribution < 1.29 is 14.1 Å². The number of hydrogen-bond acceptors (Lipinski definition) is 7. The fourth-order valence-electron chi connectivity index (χ4n) is 3.04. The minimum atomic E-state index is -0.0619. The molecule has 0 saturated carbocycles. The average molecular weight is 308 g/mol. The first-order valence-electron chi connectivity index (χ1n) is 8.09. The Morgan fingerprint density at radius 3 is 2.82 bits per heavy atom. The Bertz CT molecular complexity index is 517. The number of carbonyl (C=O) groups excluding carboxylic acids is 1. The standard InChI is InChI=1S/C15H24N4O3/c1-11(2)14-16-13(17-22-14)10-18-5-3-6-19(8-7-18)12-4-9-21-15(12)20/h11-12H,3-10H2,1-2H3. The van der Waals surface area contributed by atoms with E-state index in [1.807, 2.05) is 13.8 Å². The van der Waals surface area contributed by atoms with Crippen molar-refractivity contribution in [3.63, 3.8) is 0 Å². The van der Waals surface area contributed by atoms with Crippen molar-refractivity contribution in [1.82, 2.24) is 19.9 Å². The van der Waals surface area contributed by atoms with Gasteiger partial charge in [-0.25, -0.2) is 0 Å². The summed E-state index contributed by atoms with van der Waals surface area (Å²) in [5, 5.41) is 4.06. The second-order valence-corrected chi connectivity index (χ2v) is 6.34. The van der Waals surface area contributed by atoms with E-state index in [0.717, 1.165) is 44.8 Å². The third-order valence-electron chi connectivity index (χ3n) is 4.31. The van der Waals surface area contributed by atoms with Gasteiger partial charge in [-0.1, -0.05) is 19.0 Å². The minimum absolute atomic E-state index is 0.0438. The largest absolute Gasteiger partial charge is 0.464 e. The van der Waals surface area contributed by atoms with Crippen molar-refractivity contribution in [2.24, 2.45) is 0 Å². The molecule has 0 aromatic carbocycles. The highest BCUT2D eigenvalue weighted by atomic mass is 16.5. The van der Waals surface area contributed by atoms with E-state index < -0.39 is 0 Å². The highest BCUT2D eigenvalue weighted by Crippen LogP contribution is 2.17. The summed E-state index contributed by atoms with van der Waals surface area (Å²) >= 11 is 0. The van der Waals surface area contributed by atoms with E-state index >= 15 is 0 Å². The van der Waals surface area contributed by atoms with Gasteiger partial charge in [0.05, 0.1) is 13.2 Å². The molecular weight excluding hydrogens is 284 g/mol. The number of esters is 1. The lowest BCUT2D eigenvalue weighted by molar-refractivity contribution is -0.142. The summed E-state index contributed by atoms with van der Waals surface area (Å²) in [7, 11) is 0. The molecule has 0 bridgehead atoms. The molecule has 0 spiro atoms. The maximum atomic E-state index is 11.7. The molecule has 1 atom stereocenters. The SMILES string of the molecule is CC(C)c1nc(CN2CCCN(C3CCOC3=O)CC2)no1. The number of cyclic esters (lactones) is 1. The van der Waals surface area contributed by atoms with Gasteiger partial charge in [0, 0.05) is 32.0 Å². The van der Waals surface area contributed by atoms with E-state index in [2.05, 4.69) is 19.9 Å². The second kappa shape index (κ2) is 6.75. The first kappa shape index (κ1) is 15.4. The van der Waals surface area contributed by atoms with Crippen LogP contribution in [0.5, 0.6) is 0 Å². The molecule has 2 fully saturated rings. The zero-order chi connectivity index (χ0) is 15.5. The van der Waals surface area contributed by atoms with Gasteiger partial charge in [0.25, 0.3) is 0 Å². The summed E-state index contributed by atoms with van der Waals surface area (Å²) in [6, 6.07) is -0.0438. The Morgan fingerprint density at radius 1 is 1.27 bits per heavy atom. The molecule has 3 rings (SSSR count). The fourth-order valence-corrected chi connectivity index (χ4v) is 3.04. The quantitative estimate of drug-likeness (QED) is 0.769. The molecule has 2 aliphatic rings. The van der Waals surface area contributed by atoms with Crippen LogP contribution in [-0.4, -0.2) is 64.7 Å². The molecule has 7 heteroatoms. The van der Waals surface area contributed by atoms with E-state index in [9.17, 15) is 4.79 Å². The monoisotopic (exact) mass is 308 g/mol. The number of ether oxygens (including phenoxy) is 1. The van der Waals surface area contributed by atoms with Crippen LogP contribution in [0, 0.1) is 0 Å². The first-order chi connectivity index (χ1) is 10.6. The maximum absolute atomic E-state index is 11.7. The van der Waals surface area contributed by atoms with Gasteiger partial charge in [-0.3, -0.25) is 14.6 Å². The number of aromatic nitrogens is 2. The highest BCUT2D eigenvalue weighted by molar-refractivity contribution is 5.77. The summed E-state index contributed by atoms with van der Waals surface area (Å²) < 4.78 is 10.3. The van der Waals surface area contributed by atoms with Gasteiger partial charge in [0.2, 0.25) is 5.89 Å². The van der Waals surface area contributed by atoms with Gasteiger partial charge in [0.1, 0.15) is 6.04 Å².